The molecule has 8 nitrogen and oxygen atoms in total. The fourth-order valence-electron chi connectivity index (χ4n) is 4.23. The van der Waals surface area contributed by atoms with Crippen LogP contribution in [0.25, 0.3) is 6.08 Å². The Morgan fingerprint density at radius 3 is 2.35 bits per heavy atom. The van der Waals surface area contributed by atoms with Crippen LogP contribution < -0.4 is 0 Å². The first-order valence-corrected chi connectivity index (χ1v) is 12.6. The van der Waals surface area contributed by atoms with Crippen LogP contribution in [0, 0.1) is 19.7 Å². The first kappa shape index (κ1) is 25.6. The molecule has 0 saturated carbocycles. The number of hydrogen-bond acceptors (Lipinski definition) is 5. The topological polar surface area (TPSA) is 88.9 Å². The molecule has 1 fully saturated rings. The van der Waals surface area contributed by atoms with Crippen LogP contribution in [-0.2, 0) is 26.1 Å². The molecule has 1 aliphatic rings. The molecule has 0 aliphatic carbocycles. The Balaban J connectivity index is 1.73. The number of rotatable bonds is 7. The van der Waals surface area contributed by atoms with E-state index in [9.17, 15) is 22.4 Å². The minimum atomic E-state index is -3.84. The fourth-order valence-corrected chi connectivity index (χ4v) is 5.69. The maximum atomic E-state index is 13.5. The lowest BCUT2D eigenvalue weighted by atomic mass is 10.1. The second-order valence-electron chi connectivity index (χ2n) is 7.94. The summed E-state index contributed by atoms with van der Waals surface area (Å²) in [5.74, 6) is -1.33. The maximum absolute atomic E-state index is 13.5. The van der Waals surface area contributed by atoms with E-state index in [1.54, 1.807) is 17.9 Å². The Labute approximate surface area is 199 Å². The lowest BCUT2D eigenvalue weighted by Crippen LogP contribution is -2.50. The normalized spacial score (nSPS) is 15.1. The third-order valence-electron chi connectivity index (χ3n) is 6.00. The maximum Gasteiger partial charge on any atom is 0.340 e. The number of piperazine rings is 1. The summed E-state index contributed by atoms with van der Waals surface area (Å²) in [6.45, 7) is 9.00. The van der Waals surface area contributed by atoms with Gasteiger partial charge in [-0.05, 0) is 52.0 Å². The van der Waals surface area contributed by atoms with Crippen LogP contribution in [0.1, 0.15) is 41.2 Å². The number of hydrogen-bond donors (Lipinski definition) is 0. The number of benzene rings is 1. The van der Waals surface area contributed by atoms with Gasteiger partial charge in [0.25, 0.3) is 0 Å². The molecule has 2 heterocycles. The highest BCUT2D eigenvalue weighted by Gasteiger charge is 2.30. The van der Waals surface area contributed by atoms with Gasteiger partial charge in [0.2, 0.25) is 15.9 Å². The monoisotopic (exact) mass is 491 g/mol. The molecule has 10 heteroatoms. The predicted molar refractivity (Wildman–Crippen MR) is 126 cm³/mol. The third-order valence-corrected chi connectivity index (χ3v) is 7.90. The standard InChI is InChI=1S/C24H30FN3O5S/c1-5-28-17(3)21(23(18(28)4)24(30)33-6-2)10-11-22(29)26-12-14-27(15-13-26)34(31,32)20-9-7-8-19(25)16-20/h7-11,16H,5-6,12-15H2,1-4H3/b11-10+. The van der Waals surface area contributed by atoms with Crippen molar-refractivity contribution >= 4 is 28.0 Å². The lowest BCUT2D eigenvalue weighted by Gasteiger charge is -2.33. The van der Waals surface area contributed by atoms with Crippen molar-refractivity contribution in [2.45, 2.75) is 39.1 Å². The summed E-state index contributed by atoms with van der Waals surface area (Å²) in [6, 6.07) is 4.89. The predicted octanol–water partition coefficient (Wildman–Crippen LogP) is 2.99. The SMILES string of the molecule is CCOC(=O)c1c(/C=C/C(=O)N2CCN(S(=O)(=O)c3cccc(F)c3)CC2)c(C)n(CC)c1C. The van der Waals surface area contributed by atoms with Crippen LogP contribution in [0.5, 0.6) is 0 Å². The van der Waals surface area contributed by atoms with Crippen LogP contribution in [0.4, 0.5) is 4.39 Å². The number of halogens is 1. The van der Waals surface area contributed by atoms with Gasteiger partial charge >= 0.3 is 5.97 Å². The average Bonchev–Trinajstić information content (AvgIpc) is 3.06. The van der Waals surface area contributed by atoms with Crippen molar-refractivity contribution in [2.24, 2.45) is 0 Å². The number of carbonyl (C=O) groups is 2. The smallest absolute Gasteiger partial charge is 0.340 e. The van der Waals surface area contributed by atoms with Gasteiger partial charge in [0.05, 0.1) is 17.1 Å². The molecule has 0 bridgehead atoms. The second kappa shape index (κ2) is 10.5. The highest BCUT2D eigenvalue weighted by molar-refractivity contribution is 7.89. The van der Waals surface area contributed by atoms with Gasteiger partial charge in [-0.15, -0.1) is 0 Å². The summed E-state index contributed by atoms with van der Waals surface area (Å²) >= 11 is 0. The van der Waals surface area contributed by atoms with Gasteiger partial charge in [0.1, 0.15) is 5.82 Å². The molecule has 0 unspecified atom stereocenters. The van der Waals surface area contributed by atoms with Crippen LogP contribution in [0.3, 0.4) is 0 Å². The van der Waals surface area contributed by atoms with Gasteiger partial charge in [0.15, 0.2) is 0 Å². The Bertz CT molecular complexity index is 1210. The number of ether oxygens (including phenoxy) is 1. The number of nitrogens with zero attached hydrogens (tertiary/aromatic N) is 3. The van der Waals surface area contributed by atoms with E-state index < -0.39 is 21.8 Å². The quantitative estimate of drug-likeness (QED) is 0.439. The van der Waals surface area contributed by atoms with Crippen molar-refractivity contribution in [3.05, 3.63) is 58.7 Å². The second-order valence-corrected chi connectivity index (χ2v) is 9.88. The van der Waals surface area contributed by atoms with E-state index in [1.165, 1.54) is 28.6 Å². The number of sulfonamides is 1. The van der Waals surface area contributed by atoms with E-state index in [0.29, 0.717) is 17.7 Å². The fraction of sp³-hybridized carbons (Fsp3) is 0.417. The molecule has 1 aliphatic heterocycles. The average molecular weight is 492 g/mol. The summed E-state index contributed by atoms with van der Waals surface area (Å²) in [6.07, 6.45) is 3.03. The first-order valence-electron chi connectivity index (χ1n) is 11.2. The van der Waals surface area contributed by atoms with E-state index >= 15 is 0 Å². The Morgan fingerprint density at radius 2 is 1.76 bits per heavy atom. The minimum absolute atomic E-state index is 0.107. The summed E-state index contributed by atoms with van der Waals surface area (Å²) in [5.41, 5.74) is 2.72. The lowest BCUT2D eigenvalue weighted by molar-refractivity contribution is -0.127. The molecule has 1 aromatic heterocycles. The van der Waals surface area contributed by atoms with Gasteiger partial charge in [-0.2, -0.15) is 4.31 Å². The molecule has 1 amide bonds. The summed E-state index contributed by atoms with van der Waals surface area (Å²) < 4.78 is 47.5. The van der Waals surface area contributed by atoms with E-state index in [-0.39, 0.29) is 43.6 Å². The van der Waals surface area contributed by atoms with Crippen LogP contribution in [0.2, 0.25) is 0 Å². The molecular weight excluding hydrogens is 461 g/mol. The van der Waals surface area contributed by atoms with Crippen molar-refractivity contribution in [3.63, 3.8) is 0 Å². The number of amides is 1. The van der Waals surface area contributed by atoms with Crippen molar-refractivity contribution in [1.82, 2.24) is 13.8 Å². The number of aromatic nitrogens is 1. The molecule has 2 aromatic rings. The zero-order valence-electron chi connectivity index (χ0n) is 19.9. The molecule has 0 radical (unpaired) electrons. The van der Waals surface area contributed by atoms with Gasteiger partial charge in [0, 0.05) is 55.8 Å². The van der Waals surface area contributed by atoms with Crippen LogP contribution >= 0.6 is 0 Å². The molecule has 0 N–H and O–H groups in total. The molecule has 184 valence electrons. The minimum Gasteiger partial charge on any atom is -0.462 e. The van der Waals surface area contributed by atoms with Gasteiger partial charge in [-0.1, -0.05) is 6.07 Å². The highest BCUT2D eigenvalue weighted by Crippen LogP contribution is 2.25. The molecule has 34 heavy (non-hydrogen) atoms. The zero-order chi connectivity index (χ0) is 25.0. The molecule has 0 atom stereocenters. The Morgan fingerprint density at radius 1 is 1.09 bits per heavy atom. The Hall–Kier alpha value is -2.98. The summed E-state index contributed by atoms with van der Waals surface area (Å²) in [4.78, 5) is 26.8. The largest absolute Gasteiger partial charge is 0.462 e. The van der Waals surface area contributed by atoms with E-state index in [4.69, 9.17) is 4.74 Å². The molecule has 1 aromatic carbocycles. The molecule has 1 saturated heterocycles. The van der Waals surface area contributed by atoms with E-state index in [0.717, 1.165) is 17.5 Å². The summed E-state index contributed by atoms with van der Waals surface area (Å²) in [5, 5.41) is 0. The van der Waals surface area contributed by atoms with E-state index in [1.807, 2.05) is 25.3 Å². The van der Waals surface area contributed by atoms with Crippen molar-refractivity contribution in [1.29, 1.82) is 0 Å². The van der Waals surface area contributed by atoms with Gasteiger partial charge in [-0.3, -0.25) is 4.79 Å². The molecular formula is C24H30FN3O5S. The molecule has 3 rings (SSSR count). The highest BCUT2D eigenvalue weighted by atomic mass is 32.2. The number of esters is 1. The van der Waals surface area contributed by atoms with Gasteiger partial charge in [-0.25, -0.2) is 17.6 Å². The Kier molecular flexibility index (Phi) is 7.93. The third kappa shape index (κ3) is 5.07. The van der Waals surface area contributed by atoms with Crippen molar-refractivity contribution in [3.8, 4) is 0 Å². The molecule has 0 spiro atoms. The summed E-state index contributed by atoms with van der Waals surface area (Å²) in [7, 11) is -3.84. The van der Waals surface area contributed by atoms with Gasteiger partial charge < -0.3 is 14.2 Å². The van der Waals surface area contributed by atoms with Crippen LogP contribution in [0.15, 0.2) is 35.2 Å². The zero-order valence-corrected chi connectivity index (χ0v) is 20.7. The van der Waals surface area contributed by atoms with Crippen molar-refractivity contribution in [2.75, 3.05) is 32.8 Å². The number of carbonyl (C=O) groups excluding carboxylic acids is 2. The van der Waals surface area contributed by atoms with Crippen LogP contribution in [-0.4, -0.2) is 66.9 Å². The van der Waals surface area contributed by atoms with E-state index in [2.05, 4.69) is 0 Å². The first-order chi connectivity index (χ1) is 16.1. The van der Waals surface area contributed by atoms with Crippen molar-refractivity contribution < 1.29 is 27.1 Å².